The fraction of sp³-hybridized carbons (Fsp3) is 0.591. The maximum atomic E-state index is 13.1. The molecular formula is C93H148O17P2. The van der Waals surface area contributed by atoms with Crippen LogP contribution >= 0.6 is 15.6 Å². The molecule has 0 spiro atoms. The van der Waals surface area contributed by atoms with Gasteiger partial charge in [0.15, 0.2) is 12.2 Å². The molecule has 0 heterocycles. The summed E-state index contributed by atoms with van der Waals surface area (Å²) in [4.78, 5) is 73.2. The smallest absolute Gasteiger partial charge is 0.462 e. The van der Waals surface area contributed by atoms with Crippen LogP contribution in [-0.2, 0) is 65.4 Å². The Kier molecular flexibility index (Phi) is 77.9. The average Bonchev–Trinajstić information content (AvgIpc) is 0.897. The van der Waals surface area contributed by atoms with Gasteiger partial charge in [0.25, 0.3) is 0 Å². The Bertz CT molecular complexity index is 2940. The largest absolute Gasteiger partial charge is 0.472 e. The number of aliphatic hydroxyl groups is 1. The van der Waals surface area contributed by atoms with Crippen LogP contribution in [0.3, 0.4) is 0 Å². The van der Waals surface area contributed by atoms with E-state index in [-0.39, 0.29) is 25.7 Å². The minimum atomic E-state index is -5.03. The maximum absolute atomic E-state index is 13.1. The lowest BCUT2D eigenvalue weighted by atomic mass is 10.1. The first-order valence-corrected chi connectivity index (χ1v) is 45.3. The van der Waals surface area contributed by atoms with Gasteiger partial charge < -0.3 is 33.8 Å². The molecule has 17 nitrogen and oxygen atoms in total. The van der Waals surface area contributed by atoms with E-state index in [9.17, 15) is 43.2 Å². The Morgan fingerprint density at radius 1 is 0.259 bits per heavy atom. The molecule has 112 heavy (non-hydrogen) atoms. The van der Waals surface area contributed by atoms with Gasteiger partial charge in [-0.15, -0.1) is 0 Å². The van der Waals surface area contributed by atoms with Crippen molar-refractivity contribution in [3.8, 4) is 0 Å². The molecule has 5 atom stereocenters. The van der Waals surface area contributed by atoms with Gasteiger partial charge in [0, 0.05) is 25.7 Å². The van der Waals surface area contributed by atoms with Gasteiger partial charge in [-0.2, -0.15) is 0 Å². The number of rotatable bonds is 77. The monoisotopic (exact) mass is 1600 g/mol. The lowest BCUT2D eigenvalue weighted by Crippen LogP contribution is -2.30. The van der Waals surface area contributed by atoms with E-state index in [1.54, 1.807) is 0 Å². The van der Waals surface area contributed by atoms with E-state index in [1.807, 2.05) is 36.5 Å². The Morgan fingerprint density at radius 3 is 0.786 bits per heavy atom. The first-order chi connectivity index (χ1) is 54.7. The molecule has 0 amide bonds. The molecule has 3 N–H and O–H groups in total. The van der Waals surface area contributed by atoms with E-state index in [4.69, 9.17) is 37.0 Å². The van der Waals surface area contributed by atoms with Crippen molar-refractivity contribution < 1.29 is 80.2 Å². The lowest BCUT2D eigenvalue weighted by molar-refractivity contribution is -0.161. The molecule has 0 aromatic heterocycles. The van der Waals surface area contributed by atoms with Crippen molar-refractivity contribution in [1.82, 2.24) is 0 Å². The lowest BCUT2D eigenvalue weighted by Gasteiger charge is -2.21. The normalized spacial score (nSPS) is 14.8. The number of hydrogen-bond acceptors (Lipinski definition) is 15. The molecule has 0 aliphatic heterocycles. The van der Waals surface area contributed by atoms with Crippen LogP contribution in [0.5, 0.6) is 0 Å². The summed E-state index contributed by atoms with van der Waals surface area (Å²) in [6.07, 6.45) is 104. The molecule has 0 aliphatic carbocycles. The number of carbonyl (C=O) groups is 4. The van der Waals surface area contributed by atoms with Crippen molar-refractivity contribution in [2.45, 2.75) is 316 Å². The third kappa shape index (κ3) is 81.6. The summed E-state index contributed by atoms with van der Waals surface area (Å²) in [6, 6.07) is 0. The second-order valence-electron chi connectivity index (χ2n) is 27.3. The highest BCUT2D eigenvalue weighted by molar-refractivity contribution is 7.47. The van der Waals surface area contributed by atoms with Crippen LogP contribution in [0, 0.1) is 0 Å². The SMILES string of the molecule is CC/C=C\C/C=C\C/C=C\C/C=C\C/C=C\C/C=C\CCC(=O)O[C@H](COC(=O)CCCCCCC/C=C\CCCCCCCC)COP(=O)(O)OC[C@H](O)COP(=O)(O)OC[C@@H](COC(=O)CCCCC/C=C\C/C=C\C/C=C\C/C=C\C/C=C\CC)OC(=O)CC/C=C\C/C=C\C/C=C\C/C=C\C/C=C\CCCCC. The van der Waals surface area contributed by atoms with Gasteiger partial charge in [-0.1, -0.05) is 305 Å². The molecule has 0 rings (SSSR count). The van der Waals surface area contributed by atoms with E-state index in [0.717, 1.165) is 148 Å². The van der Waals surface area contributed by atoms with Crippen LogP contribution in [0.4, 0.5) is 0 Å². The number of aliphatic hydroxyl groups excluding tert-OH is 1. The van der Waals surface area contributed by atoms with Crippen molar-refractivity contribution in [2.24, 2.45) is 0 Å². The quantitative estimate of drug-likeness (QED) is 0.0169. The van der Waals surface area contributed by atoms with Gasteiger partial charge in [-0.05, 0) is 173 Å². The predicted octanol–water partition coefficient (Wildman–Crippen LogP) is 25.4. The zero-order valence-electron chi connectivity index (χ0n) is 69.3. The molecule has 0 aliphatic rings. The number of phosphoric ester groups is 2. The summed E-state index contributed by atoms with van der Waals surface area (Å²) in [5.41, 5.74) is 0. The van der Waals surface area contributed by atoms with Gasteiger partial charge >= 0.3 is 39.5 Å². The second-order valence-corrected chi connectivity index (χ2v) is 30.2. The van der Waals surface area contributed by atoms with Gasteiger partial charge in [0.2, 0.25) is 0 Å². The number of ether oxygens (including phenoxy) is 4. The van der Waals surface area contributed by atoms with E-state index in [1.165, 1.54) is 57.8 Å². The van der Waals surface area contributed by atoms with Crippen molar-refractivity contribution in [3.63, 3.8) is 0 Å². The zero-order chi connectivity index (χ0) is 81.7. The summed E-state index contributed by atoms with van der Waals surface area (Å²) >= 11 is 0. The molecule has 0 aromatic rings. The Labute approximate surface area is 678 Å². The predicted molar refractivity (Wildman–Crippen MR) is 463 cm³/mol. The van der Waals surface area contributed by atoms with Gasteiger partial charge in [0.1, 0.15) is 19.3 Å². The number of esters is 4. The first-order valence-electron chi connectivity index (χ1n) is 42.3. The van der Waals surface area contributed by atoms with Crippen LogP contribution in [0.1, 0.15) is 297 Å². The Morgan fingerprint density at radius 2 is 0.482 bits per heavy atom. The molecule has 0 bridgehead atoms. The number of allylic oxidation sites excluding steroid dienone is 34. The first kappa shape index (κ1) is 106. The molecule has 0 radical (unpaired) electrons. The fourth-order valence-electron chi connectivity index (χ4n) is 10.4. The third-order valence-corrected chi connectivity index (χ3v) is 18.6. The van der Waals surface area contributed by atoms with Crippen LogP contribution in [0.25, 0.3) is 0 Å². The minimum Gasteiger partial charge on any atom is -0.462 e. The van der Waals surface area contributed by atoms with E-state index in [0.29, 0.717) is 38.5 Å². The van der Waals surface area contributed by atoms with Gasteiger partial charge in [0.05, 0.1) is 26.4 Å². The molecule has 632 valence electrons. The fourth-order valence-corrected chi connectivity index (χ4v) is 11.9. The number of unbranched alkanes of at least 4 members (excludes halogenated alkanes) is 17. The summed E-state index contributed by atoms with van der Waals surface area (Å²) in [5, 5.41) is 10.7. The summed E-state index contributed by atoms with van der Waals surface area (Å²) in [6.45, 7) is 4.38. The number of hydrogen-bond donors (Lipinski definition) is 3. The molecule has 19 heteroatoms. The summed E-state index contributed by atoms with van der Waals surface area (Å²) in [7, 11) is -10.0. The summed E-state index contributed by atoms with van der Waals surface area (Å²) < 4.78 is 68.6. The van der Waals surface area contributed by atoms with Crippen LogP contribution in [0.2, 0.25) is 0 Å². The number of phosphoric acid groups is 2. The van der Waals surface area contributed by atoms with E-state index >= 15 is 0 Å². The van der Waals surface area contributed by atoms with Crippen LogP contribution in [-0.4, -0.2) is 96.7 Å². The molecule has 0 saturated heterocycles. The number of carbonyl (C=O) groups excluding carboxylic acids is 4. The highest BCUT2D eigenvalue weighted by Crippen LogP contribution is 2.45. The Balaban J connectivity index is 5.59. The maximum Gasteiger partial charge on any atom is 0.472 e. The van der Waals surface area contributed by atoms with Crippen molar-refractivity contribution in [3.05, 3.63) is 207 Å². The standard InChI is InChI=1S/C93H148O17P2/c1-5-9-13-17-21-25-29-33-37-40-43-46-50-54-58-62-66-70-74-78-91(96)104-84-89(110-93(98)80-76-72-68-64-60-56-52-48-45-42-39-35-31-27-23-19-15-11-7-3)86-108-112(101,102)106-82-87(94)81-105-111(99,100)107-85-88(83-103-90(95)77-73-69-65-61-57-53-49-36-32-28-24-20-16-12-8-4)109-92(97)79-75-71-67-63-59-55-51-47-44-41-38-34-30-26-22-18-14-10-6-2/h9-10,13-14,21-23,25-27,33-39,43-49,54-56,58-60,67-68,71-72,87-89,94H,5-8,11-12,15-20,24,28-32,40-42,50-53,57,61-66,69-70,73-86H2,1-4H3,(H,99,100)(H,101,102)/b13-9-,14-10-,25-21-,26-22-,27-23-,37-33-,38-34-,39-35-,46-43-,47-44-,48-45-,49-36-,58-54-,59-55-,60-56-,71-67-,72-68-/t87-,88+,89+/m0/s1. The van der Waals surface area contributed by atoms with Gasteiger partial charge in [-0.25, -0.2) is 9.13 Å². The molecular weight excluding hydrogens is 1450 g/mol. The molecule has 0 saturated carbocycles. The molecule has 0 fully saturated rings. The topological polar surface area (TPSA) is 237 Å². The van der Waals surface area contributed by atoms with Crippen molar-refractivity contribution in [2.75, 3.05) is 39.6 Å². The highest BCUT2D eigenvalue weighted by Gasteiger charge is 2.30. The molecule has 2 unspecified atom stereocenters. The van der Waals surface area contributed by atoms with E-state index in [2.05, 4.69) is 198 Å². The minimum absolute atomic E-state index is 0.0422. The highest BCUT2D eigenvalue weighted by atomic mass is 31.2. The van der Waals surface area contributed by atoms with Crippen LogP contribution in [0.15, 0.2) is 207 Å². The average molecular weight is 1600 g/mol. The second kappa shape index (κ2) is 82.6. The third-order valence-electron chi connectivity index (χ3n) is 16.7. The molecule has 0 aromatic carbocycles. The summed E-state index contributed by atoms with van der Waals surface area (Å²) in [5.74, 6) is -2.44. The van der Waals surface area contributed by atoms with Crippen LogP contribution < -0.4 is 0 Å². The Hall–Kier alpha value is -6.36. The van der Waals surface area contributed by atoms with E-state index < -0.39 is 97.5 Å². The zero-order valence-corrected chi connectivity index (χ0v) is 71.0. The van der Waals surface area contributed by atoms with Gasteiger partial charge in [-0.3, -0.25) is 37.3 Å². The van der Waals surface area contributed by atoms with Crippen molar-refractivity contribution >= 4 is 39.5 Å². The van der Waals surface area contributed by atoms with Crippen molar-refractivity contribution in [1.29, 1.82) is 0 Å².